The fourth-order valence-electron chi connectivity index (χ4n) is 3.74. The normalized spacial score (nSPS) is 16.5. The van der Waals surface area contributed by atoms with Crippen LogP contribution in [-0.4, -0.2) is 55.4 Å². The van der Waals surface area contributed by atoms with Gasteiger partial charge in [0.2, 0.25) is 0 Å². The number of amides is 2. The highest BCUT2D eigenvalue weighted by atomic mass is 16.5. The van der Waals surface area contributed by atoms with Crippen LogP contribution in [0.25, 0.3) is 0 Å². The third-order valence-electron chi connectivity index (χ3n) is 5.58. The summed E-state index contributed by atoms with van der Waals surface area (Å²) in [6, 6.07) is 15.3. The molecule has 0 spiro atoms. The molecule has 1 saturated heterocycles. The van der Waals surface area contributed by atoms with Crippen molar-refractivity contribution in [3.63, 3.8) is 0 Å². The Morgan fingerprint density at radius 2 is 1.87 bits per heavy atom. The van der Waals surface area contributed by atoms with Crippen LogP contribution in [0, 0.1) is 5.92 Å². The Morgan fingerprint density at radius 1 is 1.13 bits per heavy atom. The molecule has 1 N–H and O–H groups in total. The van der Waals surface area contributed by atoms with Crippen molar-refractivity contribution in [2.45, 2.75) is 32.9 Å². The van der Waals surface area contributed by atoms with Gasteiger partial charge < -0.3 is 15.0 Å². The highest BCUT2D eigenvalue weighted by molar-refractivity contribution is 5.94. The Labute approximate surface area is 185 Å². The van der Waals surface area contributed by atoms with E-state index in [2.05, 4.69) is 41.4 Å². The van der Waals surface area contributed by atoms with Gasteiger partial charge in [0, 0.05) is 39.3 Å². The lowest BCUT2D eigenvalue weighted by Gasteiger charge is -2.30. The number of hydrogen-bond acceptors (Lipinski definition) is 4. The molecule has 31 heavy (non-hydrogen) atoms. The van der Waals surface area contributed by atoms with Crippen molar-refractivity contribution in [3.8, 4) is 5.75 Å². The molecule has 1 aliphatic heterocycles. The fourth-order valence-corrected chi connectivity index (χ4v) is 3.74. The van der Waals surface area contributed by atoms with Gasteiger partial charge in [-0.2, -0.15) is 0 Å². The van der Waals surface area contributed by atoms with E-state index in [0.717, 1.165) is 18.0 Å². The van der Waals surface area contributed by atoms with Crippen LogP contribution >= 0.6 is 0 Å². The van der Waals surface area contributed by atoms with E-state index in [9.17, 15) is 9.59 Å². The maximum absolute atomic E-state index is 12.5. The van der Waals surface area contributed by atoms with E-state index in [-0.39, 0.29) is 18.4 Å². The van der Waals surface area contributed by atoms with Crippen molar-refractivity contribution in [1.82, 2.24) is 15.1 Å². The van der Waals surface area contributed by atoms with E-state index >= 15 is 0 Å². The first-order valence-electron chi connectivity index (χ1n) is 10.9. The van der Waals surface area contributed by atoms with Gasteiger partial charge >= 0.3 is 0 Å². The van der Waals surface area contributed by atoms with Crippen LogP contribution in [0.3, 0.4) is 0 Å². The molecule has 0 aliphatic carbocycles. The summed E-state index contributed by atoms with van der Waals surface area (Å²) in [6.45, 7) is 6.06. The molecule has 6 nitrogen and oxygen atoms in total. The second kappa shape index (κ2) is 11.0. The second-order valence-electron chi connectivity index (χ2n) is 8.59. The largest absolute Gasteiger partial charge is 0.484 e. The molecule has 1 unspecified atom stereocenters. The Hall–Kier alpha value is -2.86. The predicted octanol–water partition coefficient (Wildman–Crippen LogP) is 3.32. The molecule has 2 amide bonds. The van der Waals surface area contributed by atoms with Crippen molar-refractivity contribution in [2.24, 2.45) is 5.92 Å². The van der Waals surface area contributed by atoms with Gasteiger partial charge in [0.05, 0.1) is 0 Å². The highest BCUT2D eigenvalue weighted by Crippen LogP contribution is 2.18. The first kappa shape index (κ1) is 22.8. The number of nitrogens with one attached hydrogen (secondary N) is 1. The van der Waals surface area contributed by atoms with E-state index in [4.69, 9.17) is 4.74 Å². The van der Waals surface area contributed by atoms with Gasteiger partial charge in [0.1, 0.15) is 5.75 Å². The molecule has 1 heterocycles. The number of ether oxygens (including phenoxy) is 1. The van der Waals surface area contributed by atoms with Crippen LogP contribution in [0.5, 0.6) is 5.75 Å². The SMILES string of the molecule is CC1CCCN(Cc2ccc(CNC(=O)c3cccc(OCC(=O)N(C)C)c3)cc2)C1. The molecular weight excluding hydrogens is 390 g/mol. The third-order valence-corrected chi connectivity index (χ3v) is 5.58. The van der Waals surface area contributed by atoms with E-state index in [1.54, 1.807) is 38.4 Å². The lowest BCUT2D eigenvalue weighted by Crippen LogP contribution is -2.33. The summed E-state index contributed by atoms with van der Waals surface area (Å²) in [4.78, 5) is 28.2. The zero-order chi connectivity index (χ0) is 22.2. The molecule has 1 atom stereocenters. The molecule has 166 valence electrons. The number of carbonyl (C=O) groups excluding carboxylic acids is 2. The number of likely N-dealkylation sites (tertiary alicyclic amines) is 1. The monoisotopic (exact) mass is 423 g/mol. The number of benzene rings is 2. The number of nitrogens with zero attached hydrogens (tertiary/aromatic N) is 2. The van der Waals surface area contributed by atoms with Crippen LogP contribution in [0.2, 0.25) is 0 Å². The van der Waals surface area contributed by atoms with Gasteiger partial charge in [-0.15, -0.1) is 0 Å². The van der Waals surface area contributed by atoms with Crippen molar-refractivity contribution in [3.05, 3.63) is 65.2 Å². The number of likely N-dealkylation sites (N-methyl/N-ethyl adjacent to an activating group) is 1. The summed E-state index contributed by atoms with van der Waals surface area (Å²) < 4.78 is 5.49. The lowest BCUT2D eigenvalue weighted by atomic mass is 9.99. The number of hydrogen-bond donors (Lipinski definition) is 1. The smallest absolute Gasteiger partial charge is 0.259 e. The highest BCUT2D eigenvalue weighted by Gasteiger charge is 2.16. The van der Waals surface area contributed by atoms with Crippen molar-refractivity contribution in [1.29, 1.82) is 0 Å². The average Bonchev–Trinajstić information content (AvgIpc) is 2.77. The first-order chi connectivity index (χ1) is 14.9. The molecule has 6 heteroatoms. The van der Waals surface area contributed by atoms with E-state index in [1.807, 2.05) is 0 Å². The Bertz CT molecular complexity index is 880. The summed E-state index contributed by atoms with van der Waals surface area (Å²) in [5.74, 6) is 0.976. The number of piperidine rings is 1. The summed E-state index contributed by atoms with van der Waals surface area (Å²) in [7, 11) is 3.35. The number of carbonyl (C=O) groups is 2. The van der Waals surface area contributed by atoms with Crippen LogP contribution in [-0.2, 0) is 17.9 Å². The molecule has 2 aromatic rings. The minimum Gasteiger partial charge on any atom is -0.484 e. The van der Waals surface area contributed by atoms with E-state index < -0.39 is 0 Å². The molecule has 1 fully saturated rings. The molecule has 0 radical (unpaired) electrons. The van der Waals surface area contributed by atoms with Gasteiger partial charge in [-0.25, -0.2) is 0 Å². The Morgan fingerprint density at radius 3 is 2.58 bits per heavy atom. The average molecular weight is 424 g/mol. The summed E-state index contributed by atoms with van der Waals surface area (Å²) in [6.07, 6.45) is 2.61. The fraction of sp³-hybridized carbons (Fsp3) is 0.440. The van der Waals surface area contributed by atoms with Crippen molar-refractivity contribution in [2.75, 3.05) is 33.8 Å². The van der Waals surface area contributed by atoms with E-state index in [1.165, 1.54) is 36.4 Å². The summed E-state index contributed by atoms with van der Waals surface area (Å²) in [5, 5.41) is 2.95. The van der Waals surface area contributed by atoms with Crippen LogP contribution < -0.4 is 10.1 Å². The zero-order valence-electron chi connectivity index (χ0n) is 18.8. The van der Waals surface area contributed by atoms with Crippen molar-refractivity contribution >= 4 is 11.8 Å². The molecule has 2 aromatic carbocycles. The summed E-state index contributed by atoms with van der Waals surface area (Å²) >= 11 is 0. The molecule has 3 rings (SSSR count). The summed E-state index contributed by atoms with van der Waals surface area (Å²) in [5.41, 5.74) is 2.88. The van der Waals surface area contributed by atoms with Gasteiger partial charge in [0.15, 0.2) is 6.61 Å². The van der Waals surface area contributed by atoms with Crippen LogP contribution in [0.15, 0.2) is 48.5 Å². The minimum absolute atomic E-state index is 0.0548. The van der Waals surface area contributed by atoms with Gasteiger partial charge in [-0.3, -0.25) is 14.5 Å². The zero-order valence-corrected chi connectivity index (χ0v) is 18.8. The van der Waals surface area contributed by atoms with Gasteiger partial charge in [-0.1, -0.05) is 37.3 Å². The lowest BCUT2D eigenvalue weighted by molar-refractivity contribution is -0.130. The standard InChI is InChI=1S/C25H33N3O3/c1-19-6-5-13-28(16-19)17-21-11-9-20(10-12-21)15-26-25(30)22-7-4-8-23(14-22)31-18-24(29)27(2)3/h4,7-12,14,19H,5-6,13,15-18H2,1-3H3,(H,26,30). The molecule has 0 aromatic heterocycles. The maximum Gasteiger partial charge on any atom is 0.259 e. The van der Waals surface area contributed by atoms with E-state index in [0.29, 0.717) is 17.9 Å². The third kappa shape index (κ3) is 7.10. The Kier molecular flexibility index (Phi) is 8.06. The van der Waals surface area contributed by atoms with Gasteiger partial charge in [0.25, 0.3) is 11.8 Å². The topological polar surface area (TPSA) is 61.9 Å². The maximum atomic E-state index is 12.5. The molecular formula is C25H33N3O3. The molecule has 1 aliphatic rings. The molecule has 0 saturated carbocycles. The predicted molar refractivity (Wildman–Crippen MR) is 122 cm³/mol. The molecule has 0 bridgehead atoms. The first-order valence-corrected chi connectivity index (χ1v) is 10.9. The Balaban J connectivity index is 1.49. The van der Waals surface area contributed by atoms with Gasteiger partial charge in [-0.05, 0) is 54.6 Å². The second-order valence-corrected chi connectivity index (χ2v) is 8.59. The van der Waals surface area contributed by atoms with Crippen LogP contribution in [0.4, 0.5) is 0 Å². The number of rotatable bonds is 8. The van der Waals surface area contributed by atoms with Crippen molar-refractivity contribution < 1.29 is 14.3 Å². The van der Waals surface area contributed by atoms with Crippen LogP contribution in [0.1, 0.15) is 41.3 Å². The quantitative estimate of drug-likeness (QED) is 0.708. The minimum atomic E-state index is -0.171.